The summed E-state index contributed by atoms with van der Waals surface area (Å²) in [6.07, 6.45) is -0.106. The number of hydrogen-bond acceptors (Lipinski definition) is 5. The molecule has 0 bridgehead atoms. The molecule has 0 saturated carbocycles. The zero-order valence-electron chi connectivity index (χ0n) is 15.8. The van der Waals surface area contributed by atoms with Gasteiger partial charge in [0.1, 0.15) is 0 Å². The first-order valence-electron chi connectivity index (χ1n) is 9.17. The maximum Gasteiger partial charge on any atom is 0.251 e. The summed E-state index contributed by atoms with van der Waals surface area (Å²) in [5.74, 6) is -0.322. The Hall–Kier alpha value is -2.26. The fourth-order valence-electron chi connectivity index (χ4n) is 3.12. The highest BCUT2D eigenvalue weighted by atomic mass is 32.2. The normalized spacial score (nSPS) is 18.0. The highest BCUT2D eigenvalue weighted by molar-refractivity contribution is 7.89. The van der Waals surface area contributed by atoms with Gasteiger partial charge in [0.05, 0.1) is 17.6 Å². The van der Waals surface area contributed by atoms with Gasteiger partial charge in [-0.1, -0.05) is 36.4 Å². The summed E-state index contributed by atoms with van der Waals surface area (Å²) in [5.41, 5.74) is 1.54. The Bertz CT molecular complexity index is 903. The van der Waals surface area contributed by atoms with E-state index >= 15 is 0 Å². The Morgan fingerprint density at radius 2 is 1.96 bits per heavy atom. The third-order valence-electron chi connectivity index (χ3n) is 4.64. The number of amides is 1. The van der Waals surface area contributed by atoms with E-state index in [1.165, 1.54) is 24.7 Å². The number of benzene rings is 2. The predicted octanol–water partition coefficient (Wildman–Crippen LogP) is 1.23. The molecular formula is C20H25N3O4S. The van der Waals surface area contributed by atoms with Gasteiger partial charge in [-0.25, -0.2) is 13.1 Å². The second-order valence-corrected chi connectivity index (χ2v) is 8.55. The van der Waals surface area contributed by atoms with Crippen molar-refractivity contribution in [1.29, 1.82) is 0 Å². The highest BCUT2D eigenvalue weighted by Crippen LogP contribution is 2.12. The number of rotatable bonds is 7. The van der Waals surface area contributed by atoms with E-state index in [1.54, 1.807) is 12.1 Å². The fraction of sp³-hybridized carbons (Fsp3) is 0.350. The first kappa shape index (κ1) is 20.5. The van der Waals surface area contributed by atoms with Crippen molar-refractivity contribution in [2.24, 2.45) is 0 Å². The van der Waals surface area contributed by atoms with E-state index < -0.39 is 10.0 Å². The van der Waals surface area contributed by atoms with Gasteiger partial charge in [-0.3, -0.25) is 9.69 Å². The summed E-state index contributed by atoms with van der Waals surface area (Å²) in [4.78, 5) is 14.8. The lowest BCUT2D eigenvalue weighted by Crippen LogP contribution is -2.47. The van der Waals surface area contributed by atoms with Crippen LogP contribution in [0, 0.1) is 0 Å². The second-order valence-electron chi connectivity index (χ2n) is 6.66. The lowest BCUT2D eigenvalue weighted by Gasteiger charge is -2.33. The van der Waals surface area contributed by atoms with E-state index in [4.69, 9.17) is 4.74 Å². The highest BCUT2D eigenvalue weighted by Gasteiger charge is 2.21. The van der Waals surface area contributed by atoms with Crippen LogP contribution >= 0.6 is 0 Å². The summed E-state index contributed by atoms with van der Waals surface area (Å²) in [6, 6.07) is 16.2. The fourth-order valence-corrected chi connectivity index (χ4v) is 3.90. The molecule has 1 fully saturated rings. The molecule has 1 unspecified atom stereocenters. The van der Waals surface area contributed by atoms with Gasteiger partial charge in [-0.15, -0.1) is 0 Å². The van der Waals surface area contributed by atoms with Gasteiger partial charge < -0.3 is 10.1 Å². The Kier molecular flexibility index (Phi) is 6.79. The monoisotopic (exact) mass is 403 g/mol. The van der Waals surface area contributed by atoms with E-state index in [0.29, 0.717) is 18.7 Å². The number of nitrogens with one attached hydrogen (secondary N) is 2. The summed E-state index contributed by atoms with van der Waals surface area (Å²) in [5, 5.41) is 2.84. The molecule has 2 aromatic carbocycles. The number of ether oxygens (including phenoxy) is 1. The van der Waals surface area contributed by atoms with Gasteiger partial charge in [0, 0.05) is 31.7 Å². The molecule has 2 aromatic rings. The Balaban J connectivity index is 1.55. The molecule has 8 heteroatoms. The lowest BCUT2D eigenvalue weighted by molar-refractivity contribution is -0.0292. The van der Waals surface area contributed by atoms with Crippen LogP contribution in [0.3, 0.4) is 0 Å². The van der Waals surface area contributed by atoms with Crippen LogP contribution in [0.2, 0.25) is 0 Å². The Morgan fingerprint density at radius 3 is 2.71 bits per heavy atom. The average Bonchev–Trinajstić information content (AvgIpc) is 2.73. The minimum absolute atomic E-state index is 0.0607. The van der Waals surface area contributed by atoms with Gasteiger partial charge >= 0.3 is 0 Å². The van der Waals surface area contributed by atoms with Crippen molar-refractivity contribution in [3.8, 4) is 0 Å². The second kappa shape index (κ2) is 9.29. The SMILES string of the molecule is CNS(=O)(=O)c1cccc(C(=O)NCC2CN(Cc3ccccc3)CCO2)c1. The molecule has 1 aliphatic heterocycles. The van der Waals surface area contributed by atoms with Crippen LogP contribution in [0.15, 0.2) is 59.5 Å². The van der Waals surface area contributed by atoms with Crippen molar-refractivity contribution in [1.82, 2.24) is 14.9 Å². The maximum atomic E-state index is 12.4. The van der Waals surface area contributed by atoms with Crippen molar-refractivity contribution in [2.75, 3.05) is 33.3 Å². The molecule has 1 atom stereocenters. The molecule has 0 spiro atoms. The van der Waals surface area contributed by atoms with E-state index in [2.05, 4.69) is 27.1 Å². The molecule has 0 aromatic heterocycles. The van der Waals surface area contributed by atoms with E-state index in [0.717, 1.165) is 19.6 Å². The van der Waals surface area contributed by atoms with Crippen LogP contribution in [-0.2, 0) is 21.3 Å². The van der Waals surface area contributed by atoms with E-state index in [9.17, 15) is 13.2 Å². The standard InChI is InChI=1S/C20H25N3O4S/c1-21-28(25,26)19-9-5-8-17(12-19)20(24)22-13-18-15-23(10-11-27-18)14-16-6-3-2-4-7-16/h2-9,12,18,21H,10-11,13-15H2,1H3,(H,22,24). The molecule has 3 rings (SSSR count). The molecule has 1 saturated heterocycles. The van der Waals surface area contributed by atoms with Crippen LogP contribution in [0.25, 0.3) is 0 Å². The number of carbonyl (C=O) groups is 1. The average molecular weight is 404 g/mol. The number of sulfonamides is 1. The summed E-state index contributed by atoms with van der Waals surface area (Å²) in [7, 11) is -2.25. The molecule has 0 aliphatic carbocycles. The van der Waals surface area contributed by atoms with Crippen molar-refractivity contribution in [2.45, 2.75) is 17.5 Å². The topological polar surface area (TPSA) is 87.7 Å². The van der Waals surface area contributed by atoms with E-state index in [1.807, 2.05) is 18.2 Å². The molecule has 2 N–H and O–H groups in total. The van der Waals surface area contributed by atoms with Crippen molar-refractivity contribution < 1.29 is 17.9 Å². The van der Waals surface area contributed by atoms with Gasteiger partial charge in [0.2, 0.25) is 10.0 Å². The number of hydrogen-bond donors (Lipinski definition) is 2. The molecule has 1 amide bonds. The van der Waals surface area contributed by atoms with Gasteiger partial charge in [-0.2, -0.15) is 0 Å². The van der Waals surface area contributed by atoms with Gasteiger partial charge in [0.25, 0.3) is 5.91 Å². The Morgan fingerprint density at radius 1 is 1.18 bits per heavy atom. The summed E-state index contributed by atoms with van der Waals surface area (Å²) < 4.78 is 31.8. The van der Waals surface area contributed by atoms with Gasteiger partial charge in [-0.05, 0) is 30.8 Å². The van der Waals surface area contributed by atoms with E-state index in [-0.39, 0.29) is 16.9 Å². The van der Waals surface area contributed by atoms with Crippen molar-refractivity contribution in [3.63, 3.8) is 0 Å². The van der Waals surface area contributed by atoms with Crippen LogP contribution in [0.5, 0.6) is 0 Å². The van der Waals surface area contributed by atoms with Crippen molar-refractivity contribution >= 4 is 15.9 Å². The predicted molar refractivity (Wildman–Crippen MR) is 106 cm³/mol. The molecule has 1 aliphatic rings. The Labute approximate surface area is 165 Å². The van der Waals surface area contributed by atoms with Crippen LogP contribution in [-0.4, -0.2) is 58.6 Å². The molecule has 150 valence electrons. The first-order chi connectivity index (χ1) is 13.5. The molecule has 1 heterocycles. The third-order valence-corrected chi connectivity index (χ3v) is 6.05. The van der Waals surface area contributed by atoms with Crippen molar-refractivity contribution in [3.05, 3.63) is 65.7 Å². The smallest absolute Gasteiger partial charge is 0.251 e. The van der Waals surface area contributed by atoms with Crippen LogP contribution < -0.4 is 10.0 Å². The third kappa shape index (κ3) is 5.39. The largest absolute Gasteiger partial charge is 0.374 e. The van der Waals surface area contributed by atoms with Crippen LogP contribution in [0.1, 0.15) is 15.9 Å². The van der Waals surface area contributed by atoms with Crippen LogP contribution in [0.4, 0.5) is 0 Å². The minimum atomic E-state index is -3.59. The zero-order chi connectivity index (χ0) is 20.0. The quantitative estimate of drug-likeness (QED) is 0.726. The summed E-state index contributed by atoms with van der Waals surface area (Å²) in [6.45, 7) is 3.40. The molecular weight excluding hydrogens is 378 g/mol. The zero-order valence-corrected chi connectivity index (χ0v) is 16.6. The molecule has 7 nitrogen and oxygen atoms in total. The number of nitrogens with zero attached hydrogens (tertiary/aromatic N) is 1. The molecule has 0 radical (unpaired) electrons. The van der Waals surface area contributed by atoms with Gasteiger partial charge in [0.15, 0.2) is 0 Å². The maximum absolute atomic E-state index is 12.4. The summed E-state index contributed by atoms with van der Waals surface area (Å²) >= 11 is 0. The lowest BCUT2D eigenvalue weighted by atomic mass is 10.2. The number of carbonyl (C=O) groups excluding carboxylic acids is 1. The number of morpholine rings is 1. The first-order valence-corrected chi connectivity index (χ1v) is 10.7. The minimum Gasteiger partial charge on any atom is -0.374 e. The molecule has 28 heavy (non-hydrogen) atoms.